The number of carboxylic acid groups (broad SMARTS) is 1. The van der Waals surface area contributed by atoms with Crippen molar-refractivity contribution in [1.29, 1.82) is 0 Å². The summed E-state index contributed by atoms with van der Waals surface area (Å²) in [6.07, 6.45) is -1.73. The van der Waals surface area contributed by atoms with E-state index in [-0.39, 0.29) is 11.5 Å². The van der Waals surface area contributed by atoms with Gasteiger partial charge in [-0.15, -0.1) is 0 Å². The number of nitrogens with one attached hydrogen (secondary N) is 1. The maximum Gasteiger partial charge on any atom is 0.490 e. The number of anilines is 2. The number of piperidine rings is 1. The molecule has 7 nitrogen and oxygen atoms in total. The lowest BCUT2D eigenvalue weighted by Crippen LogP contribution is -2.36. The van der Waals surface area contributed by atoms with Crippen LogP contribution in [0.2, 0.25) is 5.15 Å². The normalized spacial score (nSPS) is 17.1. The molecule has 1 aromatic carbocycles. The fourth-order valence-corrected chi connectivity index (χ4v) is 4.20. The Labute approximate surface area is 217 Å². The minimum absolute atomic E-state index is 0.0793. The molecule has 0 unspecified atom stereocenters. The quantitative estimate of drug-likeness (QED) is 0.288. The van der Waals surface area contributed by atoms with Gasteiger partial charge in [0.2, 0.25) is 0 Å². The third-order valence-electron chi connectivity index (χ3n) is 6.17. The molecule has 2 N–H and O–H groups in total. The second kappa shape index (κ2) is 11.2. The number of benzene rings is 1. The molecule has 3 aromatic rings. The zero-order valence-electron chi connectivity index (χ0n) is 19.7. The molecule has 1 aliphatic heterocycles. The largest absolute Gasteiger partial charge is 0.490 e. The van der Waals surface area contributed by atoms with Crippen LogP contribution in [0, 0.1) is 17.6 Å². The number of carbonyl (C=O) groups is 1. The van der Waals surface area contributed by atoms with Gasteiger partial charge in [-0.1, -0.05) is 17.7 Å². The number of hydrogen-bond acceptors (Lipinski definition) is 6. The third-order valence-corrected chi connectivity index (χ3v) is 6.38. The number of hydrogen-bond donors (Lipinski definition) is 2. The highest BCUT2D eigenvalue weighted by atomic mass is 35.5. The molecule has 204 valence electrons. The Bertz CT molecular complexity index is 1320. The van der Waals surface area contributed by atoms with Crippen molar-refractivity contribution in [2.45, 2.75) is 44.1 Å². The Morgan fingerprint density at radius 2 is 1.74 bits per heavy atom. The van der Waals surface area contributed by atoms with E-state index in [0.29, 0.717) is 59.8 Å². The van der Waals surface area contributed by atoms with Gasteiger partial charge in [0.15, 0.2) is 11.6 Å². The molecule has 38 heavy (non-hydrogen) atoms. The van der Waals surface area contributed by atoms with Gasteiger partial charge in [-0.3, -0.25) is 0 Å². The van der Waals surface area contributed by atoms with Crippen LogP contribution in [0.4, 0.5) is 38.0 Å². The van der Waals surface area contributed by atoms with E-state index < -0.39 is 30.0 Å². The number of nitrogens with zero attached hydrogens (tertiary/aromatic N) is 4. The van der Waals surface area contributed by atoms with Gasteiger partial charge < -0.3 is 15.3 Å². The number of fused-ring (bicyclic) bond motifs is 1. The maximum absolute atomic E-state index is 15.0. The van der Waals surface area contributed by atoms with Crippen molar-refractivity contribution in [3.63, 3.8) is 0 Å². The second-order valence-corrected chi connectivity index (χ2v) is 9.39. The molecule has 0 amide bonds. The average Bonchev–Trinajstić information content (AvgIpc) is 3.67. The lowest BCUT2D eigenvalue weighted by atomic mass is 9.88. The Morgan fingerprint density at radius 3 is 2.32 bits per heavy atom. The zero-order valence-corrected chi connectivity index (χ0v) is 20.4. The highest BCUT2D eigenvalue weighted by Crippen LogP contribution is 2.38. The van der Waals surface area contributed by atoms with Gasteiger partial charge in [-0.25, -0.2) is 32.9 Å². The summed E-state index contributed by atoms with van der Waals surface area (Å²) >= 11 is 6.00. The van der Waals surface area contributed by atoms with E-state index in [2.05, 4.69) is 15.2 Å². The van der Waals surface area contributed by atoms with Crippen molar-refractivity contribution in [3.05, 3.63) is 52.8 Å². The topological polar surface area (TPSA) is 91.2 Å². The highest BCUT2D eigenvalue weighted by molar-refractivity contribution is 6.29. The van der Waals surface area contributed by atoms with Crippen molar-refractivity contribution in [2.75, 3.05) is 23.3 Å². The average molecular weight is 562 g/mol. The van der Waals surface area contributed by atoms with Gasteiger partial charge in [0.25, 0.3) is 0 Å². The van der Waals surface area contributed by atoms with E-state index in [0.717, 1.165) is 25.0 Å². The van der Waals surface area contributed by atoms with Gasteiger partial charge in [0.1, 0.15) is 28.5 Å². The fourth-order valence-electron chi connectivity index (χ4n) is 4.05. The Kier molecular flexibility index (Phi) is 8.14. The first kappa shape index (κ1) is 27.7. The summed E-state index contributed by atoms with van der Waals surface area (Å²) in [6, 6.07) is 5.10. The Balaban J connectivity index is 0.000000426. The van der Waals surface area contributed by atoms with Crippen LogP contribution < -0.4 is 10.2 Å². The predicted molar refractivity (Wildman–Crippen MR) is 128 cm³/mol. The molecule has 2 fully saturated rings. The summed E-state index contributed by atoms with van der Waals surface area (Å²) in [5, 5.41) is 10.9. The molecule has 1 aliphatic carbocycles. The monoisotopic (exact) mass is 561 g/mol. The number of rotatable bonds is 5. The van der Waals surface area contributed by atoms with Crippen molar-refractivity contribution >= 4 is 40.2 Å². The first-order chi connectivity index (χ1) is 17.9. The number of pyridine rings is 1. The number of alkyl halides is 4. The molecule has 1 saturated heterocycles. The summed E-state index contributed by atoms with van der Waals surface area (Å²) in [4.78, 5) is 24.5. The summed E-state index contributed by atoms with van der Waals surface area (Å²) < 4.78 is 73.9. The molecular weight excluding hydrogens is 540 g/mol. The molecule has 14 heteroatoms. The first-order valence-corrected chi connectivity index (χ1v) is 12.0. The van der Waals surface area contributed by atoms with E-state index in [1.54, 1.807) is 12.3 Å². The molecule has 3 heterocycles. The lowest BCUT2D eigenvalue weighted by molar-refractivity contribution is -0.192. The van der Waals surface area contributed by atoms with Crippen LogP contribution in [0.1, 0.15) is 37.4 Å². The highest BCUT2D eigenvalue weighted by Gasteiger charge is 2.38. The van der Waals surface area contributed by atoms with Gasteiger partial charge in [-0.2, -0.15) is 13.2 Å². The number of carboxylic acids is 1. The van der Waals surface area contributed by atoms with Crippen molar-refractivity contribution in [2.24, 2.45) is 5.92 Å². The Hall–Kier alpha value is -3.35. The summed E-state index contributed by atoms with van der Waals surface area (Å²) in [5.74, 6) is -3.23. The molecule has 1 atom stereocenters. The SMILES string of the molecule is Fc1ccc([C@H](F)C2CCN(c3nc4cnc(Cl)cc4nc3NC3CC3)CC2)c(F)c1.O=C(O)C(F)(F)F. The van der Waals surface area contributed by atoms with Crippen LogP contribution >= 0.6 is 11.6 Å². The summed E-state index contributed by atoms with van der Waals surface area (Å²) in [7, 11) is 0. The van der Waals surface area contributed by atoms with E-state index in [9.17, 15) is 22.0 Å². The minimum atomic E-state index is -5.08. The van der Waals surface area contributed by atoms with E-state index in [4.69, 9.17) is 31.5 Å². The van der Waals surface area contributed by atoms with Crippen molar-refractivity contribution < 1.29 is 36.2 Å². The van der Waals surface area contributed by atoms with Crippen LogP contribution in [0.5, 0.6) is 0 Å². The van der Waals surface area contributed by atoms with Gasteiger partial charge >= 0.3 is 12.1 Å². The van der Waals surface area contributed by atoms with Crippen LogP contribution in [0.25, 0.3) is 11.0 Å². The standard InChI is InChI=1S/C22H21ClF3N5.C2HF3O2/c23-19-10-17-18(11-27-19)30-22(21(29-17)28-14-2-3-14)31-7-5-12(6-8-31)20(26)15-4-1-13(24)9-16(15)25;3-2(4,5)1(6)7/h1,4,9-12,14,20H,2-3,5-8H2,(H,28,29);(H,6,7)/t20-;/m1./s1. The lowest BCUT2D eigenvalue weighted by Gasteiger charge is -2.35. The third kappa shape index (κ3) is 6.74. The smallest absolute Gasteiger partial charge is 0.475 e. The second-order valence-electron chi connectivity index (χ2n) is 9.01. The molecule has 1 saturated carbocycles. The molecule has 0 bridgehead atoms. The summed E-state index contributed by atoms with van der Waals surface area (Å²) in [5.41, 5.74) is 1.22. The number of halogens is 7. The first-order valence-electron chi connectivity index (χ1n) is 11.7. The Morgan fingerprint density at radius 1 is 1.08 bits per heavy atom. The van der Waals surface area contributed by atoms with Crippen LogP contribution in [-0.4, -0.2) is 51.3 Å². The molecule has 5 rings (SSSR count). The van der Waals surface area contributed by atoms with E-state index in [1.165, 1.54) is 6.07 Å². The zero-order chi connectivity index (χ0) is 27.6. The van der Waals surface area contributed by atoms with Crippen molar-refractivity contribution in [3.8, 4) is 0 Å². The molecule has 2 aromatic heterocycles. The van der Waals surface area contributed by atoms with Gasteiger partial charge in [0, 0.05) is 36.8 Å². The van der Waals surface area contributed by atoms with Gasteiger partial charge in [0.05, 0.1) is 11.7 Å². The van der Waals surface area contributed by atoms with E-state index >= 15 is 4.39 Å². The van der Waals surface area contributed by atoms with Crippen molar-refractivity contribution in [1.82, 2.24) is 15.0 Å². The molecule has 0 spiro atoms. The predicted octanol–water partition coefficient (Wildman–Crippen LogP) is 6.09. The van der Waals surface area contributed by atoms with Crippen LogP contribution in [-0.2, 0) is 4.79 Å². The number of aromatic nitrogens is 3. The summed E-state index contributed by atoms with van der Waals surface area (Å²) in [6.45, 7) is 1.13. The molecule has 2 aliphatic rings. The maximum atomic E-state index is 15.0. The molecule has 0 radical (unpaired) electrons. The number of aliphatic carboxylic acids is 1. The minimum Gasteiger partial charge on any atom is -0.475 e. The van der Waals surface area contributed by atoms with Crippen LogP contribution in [0.15, 0.2) is 30.5 Å². The van der Waals surface area contributed by atoms with Gasteiger partial charge in [-0.05, 0) is 37.7 Å². The van der Waals surface area contributed by atoms with Crippen LogP contribution in [0.3, 0.4) is 0 Å². The van der Waals surface area contributed by atoms with E-state index in [1.807, 2.05) is 0 Å². The fraction of sp³-hybridized carbons (Fsp3) is 0.417. The molecular formula is C24H22ClF6N5O2.